The maximum atomic E-state index is 13.2. The van der Waals surface area contributed by atoms with Gasteiger partial charge in [0.15, 0.2) is 0 Å². The summed E-state index contributed by atoms with van der Waals surface area (Å²) in [5.41, 5.74) is 6.17. The first-order valence-electron chi connectivity index (χ1n) is 6.54. The third kappa shape index (κ3) is 3.40. The molecule has 4 nitrogen and oxygen atoms in total. The van der Waals surface area contributed by atoms with Crippen molar-refractivity contribution in [1.29, 1.82) is 0 Å². The molecule has 0 saturated carbocycles. The second-order valence-corrected chi connectivity index (χ2v) is 6.54. The molecule has 2 aromatic rings. The van der Waals surface area contributed by atoms with Crippen LogP contribution >= 0.6 is 0 Å². The van der Waals surface area contributed by atoms with Crippen molar-refractivity contribution in [1.82, 2.24) is 4.31 Å². The Morgan fingerprint density at radius 1 is 1.14 bits per heavy atom. The Bertz CT molecular complexity index is 718. The molecule has 2 aromatic carbocycles. The van der Waals surface area contributed by atoms with Gasteiger partial charge in [-0.05, 0) is 23.8 Å². The van der Waals surface area contributed by atoms with E-state index < -0.39 is 15.8 Å². The number of hydrogen-bond acceptors (Lipinski definition) is 3. The zero-order chi connectivity index (χ0) is 15.5. The van der Waals surface area contributed by atoms with Gasteiger partial charge in [-0.1, -0.05) is 37.3 Å². The van der Waals surface area contributed by atoms with Gasteiger partial charge in [0.25, 0.3) is 0 Å². The lowest BCUT2D eigenvalue weighted by Crippen LogP contribution is -2.30. The number of anilines is 1. The number of halogens is 1. The smallest absolute Gasteiger partial charge is 0.243 e. The molecule has 0 aromatic heterocycles. The Balaban J connectivity index is 2.33. The first-order chi connectivity index (χ1) is 9.95. The predicted octanol–water partition coefficient (Wildman–Crippen LogP) is 2.62. The van der Waals surface area contributed by atoms with Crippen molar-refractivity contribution in [2.24, 2.45) is 0 Å². The molecule has 0 aliphatic heterocycles. The van der Waals surface area contributed by atoms with Crippen LogP contribution in [0.15, 0.2) is 53.4 Å². The van der Waals surface area contributed by atoms with Gasteiger partial charge in [0.2, 0.25) is 10.0 Å². The summed E-state index contributed by atoms with van der Waals surface area (Å²) < 4.78 is 39.7. The summed E-state index contributed by atoms with van der Waals surface area (Å²) in [6, 6.07) is 12.7. The Morgan fingerprint density at radius 2 is 1.81 bits per heavy atom. The van der Waals surface area contributed by atoms with E-state index in [1.54, 1.807) is 6.92 Å². The van der Waals surface area contributed by atoms with E-state index in [-0.39, 0.29) is 17.1 Å². The predicted molar refractivity (Wildman–Crippen MR) is 80.5 cm³/mol. The van der Waals surface area contributed by atoms with Gasteiger partial charge >= 0.3 is 0 Å². The quantitative estimate of drug-likeness (QED) is 0.864. The number of sulfonamides is 1. The molecule has 2 N–H and O–H groups in total. The fourth-order valence-corrected chi connectivity index (χ4v) is 3.46. The van der Waals surface area contributed by atoms with Crippen LogP contribution in [0.2, 0.25) is 0 Å². The molecule has 0 unspecified atom stereocenters. The molecule has 2 rings (SSSR count). The summed E-state index contributed by atoms with van der Waals surface area (Å²) in [7, 11) is -3.70. The van der Waals surface area contributed by atoms with Gasteiger partial charge in [0.05, 0.1) is 10.6 Å². The van der Waals surface area contributed by atoms with E-state index in [4.69, 9.17) is 5.73 Å². The molecule has 0 spiro atoms. The third-order valence-corrected chi connectivity index (χ3v) is 5.08. The zero-order valence-corrected chi connectivity index (χ0v) is 12.5. The zero-order valence-electron chi connectivity index (χ0n) is 11.7. The van der Waals surface area contributed by atoms with E-state index in [0.717, 1.165) is 17.7 Å². The number of hydrogen-bond donors (Lipinski definition) is 1. The van der Waals surface area contributed by atoms with Gasteiger partial charge in [-0.3, -0.25) is 0 Å². The monoisotopic (exact) mass is 308 g/mol. The number of benzene rings is 2. The lowest BCUT2D eigenvalue weighted by Gasteiger charge is -2.21. The lowest BCUT2D eigenvalue weighted by atomic mass is 10.2. The summed E-state index contributed by atoms with van der Waals surface area (Å²) in [5.74, 6) is -0.625. The van der Waals surface area contributed by atoms with Crippen molar-refractivity contribution >= 4 is 15.7 Å². The second-order valence-electron chi connectivity index (χ2n) is 4.60. The molecule has 112 valence electrons. The van der Waals surface area contributed by atoms with Gasteiger partial charge in [-0.2, -0.15) is 4.31 Å². The van der Waals surface area contributed by atoms with Crippen molar-refractivity contribution in [2.75, 3.05) is 12.3 Å². The SMILES string of the molecule is CCN(Cc1ccccc1)S(=O)(=O)c1ccc(F)c(N)c1. The standard InChI is InChI=1S/C15H17FN2O2S/c1-2-18(11-12-6-4-3-5-7-12)21(19,20)13-8-9-14(16)15(17)10-13/h3-10H,2,11,17H2,1H3. The van der Waals surface area contributed by atoms with Crippen LogP contribution in [0.3, 0.4) is 0 Å². The van der Waals surface area contributed by atoms with Crippen LogP contribution < -0.4 is 5.73 Å². The van der Waals surface area contributed by atoms with Crippen LogP contribution in [-0.2, 0) is 16.6 Å². The molecular weight excluding hydrogens is 291 g/mol. The highest BCUT2D eigenvalue weighted by molar-refractivity contribution is 7.89. The molecule has 0 aliphatic carbocycles. The van der Waals surface area contributed by atoms with Gasteiger partial charge < -0.3 is 5.73 Å². The number of rotatable bonds is 5. The largest absolute Gasteiger partial charge is 0.396 e. The molecule has 0 fully saturated rings. The summed E-state index contributed by atoms with van der Waals surface area (Å²) in [4.78, 5) is -0.000758. The molecule has 0 amide bonds. The third-order valence-electron chi connectivity index (χ3n) is 3.16. The van der Waals surface area contributed by atoms with Gasteiger partial charge in [0.1, 0.15) is 5.82 Å². The van der Waals surface area contributed by atoms with Crippen molar-refractivity contribution in [3.8, 4) is 0 Å². The van der Waals surface area contributed by atoms with Crippen molar-refractivity contribution in [3.63, 3.8) is 0 Å². The van der Waals surface area contributed by atoms with Crippen LogP contribution in [-0.4, -0.2) is 19.3 Å². The van der Waals surface area contributed by atoms with E-state index in [9.17, 15) is 12.8 Å². The van der Waals surface area contributed by atoms with E-state index >= 15 is 0 Å². The second kappa shape index (κ2) is 6.24. The minimum absolute atomic E-state index is 0.000758. The fraction of sp³-hybridized carbons (Fsp3) is 0.200. The number of nitrogens with two attached hydrogens (primary N) is 1. The van der Waals surface area contributed by atoms with Gasteiger partial charge in [-0.25, -0.2) is 12.8 Å². The average Bonchev–Trinajstić information content (AvgIpc) is 2.48. The molecule has 0 atom stereocenters. The number of nitrogen functional groups attached to an aromatic ring is 1. The maximum Gasteiger partial charge on any atom is 0.243 e. The molecule has 0 heterocycles. The maximum absolute atomic E-state index is 13.2. The van der Waals surface area contributed by atoms with E-state index in [1.807, 2.05) is 30.3 Å². The van der Waals surface area contributed by atoms with Gasteiger partial charge in [0, 0.05) is 13.1 Å². The fourth-order valence-electron chi connectivity index (χ4n) is 1.99. The Morgan fingerprint density at radius 3 is 2.38 bits per heavy atom. The summed E-state index contributed by atoms with van der Waals surface area (Å²) in [5, 5.41) is 0. The molecule has 21 heavy (non-hydrogen) atoms. The lowest BCUT2D eigenvalue weighted by molar-refractivity contribution is 0.423. The Hall–Kier alpha value is -1.92. The van der Waals surface area contributed by atoms with E-state index in [1.165, 1.54) is 10.4 Å². The van der Waals surface area contributed by atoms with Crippen LogP contribution in [0.4, 0.5) is 10.1 Å². The molecule has 0 aliphatic rings. The minimum Gasteiger partial charge on any atom is -0.396 e. The van der Waals surface area contributed by atoms with Crippen molar-refractivity contribution in [2.45, 2.75) is 18.4 Å². The summed E-state index contributed by atoms with van der Waals surface area (Å²) >= 11 is 0. The van der Waals surface area contributed by atoms with Crippen LogP contribution in [0.1, 0.15) is 12.5 Å². The average molecular weight is 308 g/mol. The molecule has 0 radical (unpaired) electrons. The van der Waals surface area contributed by atoms with Crippen LogP contribution in [0.5, 0.6) is 0 Å². The van der Waals surface area contributed by atoms with Crippen molar-refractivity contribution < 1.29 is 12.8 Å². The molecule has 0 saturated heterocycles. The molecular formula is C15H17FN2O2S. The summed E-state index contributed by atoms with van der Waals surface area (Å²) in [6.45, 7) is 2.33. The first kappa shape index (κ1) is 15.5. The van der Waals surface area contributed by atoms with Crippen LogP contribution in [0, 0.1) is 5.82 Å². The highest BCUT2D eigenvalue weighted by Gasteiger charge is 2.23. The Kier molecular flexibility index (Phi) is 4.59. The molecule has 0 bridgehead atoms. The normalized spacial score (nSPS) is 11.8. The molecule has 6 heteroatoms. The van der Waals surface area contributed by atoms with Gasteiger partial charge in [-0.15, -0.1) is 0 Å². The minimum atomic E-state index is -3.70. The topological polar surface area (TPSA) is 63.4 Å². The summed E-state index contributed by atoms with van der Waals surface area (Å²) in [6.07, 6.45) is 0. The van der Waals surface area contributed by atoms with Crippen molar-refractivity contribution in [3.05, 3.63) is 59.9 Å². The highest BCUT2D eigenvalue weighted by atomic mass is 32.2. The number of nitrogens with zero attached hydrogens (tertiary/aromatic N) is 1. The van der Waals surface area contributed by atoms with E-state index in [0.29, 0.717) is 6.54 Å². The first-order valence-corrected chi connectivity index (χ1v) is 7.98. The van der Waals surface area contributed by atoms with Crippen LogP contribution in [0.25, 0.3) is 0 Å². The highest BCUT2D eigenvalue weighted by Crippen LogP contribution is 2.21. The Labute approximate surface area is 124 Å². The van der Waals surface area contributed by atoms with E-state index in [2.05, 4.69) is 0 Å².